The van der Waals surface area contributed by atoms with Crippen molar-refractivity contribution in [3.8, 4) is 0 Å². The number of nitrogens with one attached hydrogen (secondary N) is 1. The molecule has 0 radical (unpaired) electrons. The van der Waals surface area contributed by atoms with Crippen LogP contribution in [-0.4, -0.2) is 16.5 Å². The highest BCUT2D eigenvalue weighted by Crippen LogP contribution is 2.30. The zero-order chi connectivity index (χ0) is 14.2. The average Bonchev–Trinajstić information content (AvgIpc) is 2.70. The molecule has 19 heavy (non-hydrogen) atoms. The van der Waals surface area contributed by atoms with Crippen LogP contribution < -0.4 is 0 Å². The standard InChI is InChI=1S/C12H14FN2O3P/c1-12(2,6-18-19)11-4-7-3-10(15(16)17)8(13)5-9(7)14-11/h3-5,14H,6,19H2,1-2H3. The Morgan fingerprint density at radius 2 is 2.16 bits per heavy atom. The van der Waals surface area contributed by atoms with Crippen LogP contribution >= 0.6 is 9.47 Å². The fourth-order valence-corrected chi connectivity index (χ4v) is 2.35. The SMILES string of the molecule is CC(C)(COP)c1cc2cc([N+](=O)[O-])c(F)cc2[nH]1. The monoisotopic (exact) mass is 284 g/mol. The van der Waals surface area contributed by atoms with Crippen molar-refractivity contribution in [2.75, 3.05) is 6.61 Å². The molecule has 1 atom stereocenters. The lowest BCUT2D eigenvalue weighted by Crippen LogP contribution is -2.22. The second-order valence-corrected chi connectivity index (χ2v) is 5.36. The minimum absolute atomic E-state index is 0.300. The Morgan fingerprint density at radius 1 is 1.47 bits per heavy atom. The summed E-state index contributed by atoms with van der Waals surface area (Å²) in [5.74, 6) is -0.842. The lowest BCUT2D eigenvalue weighted by Gasteiger charge is -2.21. The van der Waals surface area contributed by atoms with Gasteiger partial charge in [-0.2, -0.15) is 4.39 Å². The number of nitro groups is 1. The van der Waals surface area contributed by atoms with Gasteiger partial charge in [0, 0.05) is 43.6 Å². The number of aromatic amines is 1. The Bertz CT molecular complexity index is 639. The molecule has 0 saturated carbocycles. The Hall–Kier alpha value is -1.52. The van der Waals surface area contributed by atoms with Crippen molar-refractivity contribution in [3.63, 3.8) is 0 Å². The number of nitro benzene ring substituents is 1. The molecule has 0 saturated heterocycles. The van der Waals surface area contributed by atoms with Crippen molar-refractivity contribution in [1.82, 2.24) is 4.98 Å². The lowest BCUT2D eigenvalue weighted by molar-refractivity contribution is -0.387. The Balaban J connectivity index is 2.55. The van der Waals surface area contributed by atoms with Crippen molar-refractivity contribution in [3.05, 3.63) is 39.8 Å². The van der Waals surface area contributed by atoms with Gasteiger partial charge < -0.3 is 9.51 Å². The summed E-state index contributed by atoms with van der Waals surface area (Å²) < 4.78 is 18.6. The van der Waals surface area contributed by atoms with Crippen molar-refractivity contribution < 1.29 is 13.8 Å². The number of nitrogens with zero attached hydrogens (tertiary/aromatic N) is 1. The van der Waals surface area contributed by atoms with Crippen LogP contribution in [-0.2, 0) is 9.94 Å². The first-order valence-corrected chi connectivity index (χ1v) is 6.11. The van der Waals surface area contributed by atoms with Gasteiger partial charge in [-0.1, -0.05) is 13.8 Å². The number of H-pyrrole nitrogens is 1. The van der Waals surface area contributed by atoms with Gasteiger partial charge in [-0.3, -0.25) is 10.1 Å². The molecule has 0 spiro atoms. The Labute approximate surface area is 111 Å². The van der Waals surface area contributed by atoms with E-state index in [4.69, 9.17) is 4.52 Å². The molecule has 0 fully saturated rings. The fourth-order valence-electron chi connectivity index (χ4n) is 1.93. The number of aromatic nitrogens is 1. The second-order valence-electron chi connectivity index (χ2n) is 5.03. The highest BCUT2D eigenvalue weighted by Gasteiger charge is 2.24. The summed E-state index contributed by atoms with van der Waals surface area (Å²) in [6.07, 6.45) is 0. The highest BCUT2D eigenvalue weighted by molar-refractivity contribution is 7.09. The fraction of sp³-hybridized carbons (Fsp3) is 0.333. The van der Waals surface area contributed by atoms with Crippen LogP contribution in [0.1, 0.15) is 19.5 Å². The summed E-state index contributed by atoms with van der Waals surface area (Å²) in [4.78, 5) is 13.1. The van der Waals surface area contributed by atoms with Gasteiger partial charge in [0.15, 0.2) is 0 Å². The molecule has 0 aliphatic carbocycles. The Morgan fingerprint density at radius 3 is 2.74 bits per heavy atom. The molecule has 1 heterocycles. The number of fused-ring (bicyclic) bond motifs is 1. The maximum atomic E-state index is 13.5. The minimum atomic E-state index is -0.842. The zero-order valence-electron chi connectivity index (χ0n) is 10.6. The van der Waals surface area contributed by atoms with E-state index in [-0.39, 0.29) is 5.41 Å². The number of rotatable bonds is 4. The molecule has 2 aromatic rings. The first kappa shape index (κ1) is 13.9. The maximum absolute atomic E-state index is 13.5. The van der Waals surface area contributed by atoms with E-state index in [1.807, 2.05) is 13.8 Å². The van der Waals surface area contributed by atoms with Crippen LogP contribution in [0.25, 0.3) is 10.9 Å². The summed E-state index contributed by atoms with van der Waals surface area (Å²) >= 11 is 0. The molecule has 7 heteroatoms. The predicted molar refractivity (Wildman–Crippen MR) is 73.6 cm³/mol. The van der Waals surface area contributed by atoms with Gasteiger partial charge in [-0.05, 0) is 6.07 Å². The molecule has 1 N–H and O–H groups in total. The molecule has 0 aliphatic heterocycles. The van der Waals surface area contributed by atoms with Crippen molar-refractivity contribution in [2.45, 2.75) is 19.3 Å². The average molecular weight is 284 g/mol. The van der Waals surface area contributed by atoms with E-state index >= 15 is 0 Å². The van der Waals surface area contributed by atoms with Gasteiger partial charge in [0.05, 0.1) is 11.5 Å². The van der Waals surface area contributed by atoms with Gasteiger partial charge in [0.1, 0.15) is 0 Å². The first-order chi connectivity index (χ1) is 8.85. The third kappa shape index (κ3) is 2.60. The van der Waals surface area contributed by atoms with Crippen molar-refractivity contribution in [2.24, 2.45) is 0 Å². The first-order valence-electron chi connectivity index (χ1n) is 5.64. The smallest absolute Gasteiger partial charge is 0.305 e. The second kappa shape index (κ2) is 4.87. The van der Waals surface area contributed by atoms with Gasteiger partial charge in [-0.25, -0.2) is 0 Å². The number of halogens is 1. The van der Waals surface area contributed by atoms with Crippen LogP contribution in [0.3, 0.4) is 0 Å². The Kier molecular flexibility index (Phi) is 3.56. The topological polar surface area (TPSA) is 68.2 Å². The summed E-state index contributed by atoms with van der Waals surface area (Å²) in [6.45, 7) is 4.38. The van der Waals surface area contributed by atoms with Crippen LogP contribution in [0.5, 0.6) is 0 Å². The molecule has 5 nitrogen and oxygen atoms in total. The number of hydrogen-bond acceptors (Lipinski definition) is 3. The molecule has 1 aromatic carbocycles. The van der Waals surface area contributed by atoms with Crippen molar-refractivity contribution in [1.29, 1.82) is 0 Å². The van der Waals surface area contributed by atoms with Crippen molar-refractivity contribution >= 4 is 26.1 Å². The number of benzene rings is 1. The third-order valence-corrected chi connectivity index (χ3v) is 3.22. The molecule has 0 amide bonds. The predicted octanol–water partition coefficient (Wildman–Crippen LogP) is 3.30. The summed E-state index contributed by atoms with van der Waals surface area (Å²) in [7, 11) is 2.18. The molecular formula is C12H14FN2O3P. The normalized spacial score (nSPS) is 12.0. The molecule has 0 bridgehead atoms. The highest BCUT2D eigenvalue weighted by atomic mass is 31.0. The van der Waals surface area contributed by atoms with Gasteiger partial charge in [0.2, 0.25) is 5.82 Å². The van der Waals surface area contributed by atoms with E-state index < -0.39 is 16.4 Å². The third-order valence-electron chi connectivity index (χ3n) is 3.06. The molecule has 2 rings (SSSR count). The van der Waals surface area contributed by atoms with Gasteiger partial charge >= 0.3 is 5.69 Å². The molecule has 1 aromatic heterocycles. The largest absolute Gasteiger partial charge is 0.365 e. The maximum Gasteiger partial charge on any atom is 0.305 e. The quantitative estimate of drug-likeness (QED) is 0.532. The summed E-state index contributed by atoms with van der Waals surface area (Å²) in [5.41, 5.74) is 0.560. The van der Waals surface area contributed by atoms with E-state index in [0.29, 0.717) is 17.5 Å². The summed E-state index contributed by atoms with van der Waals surface area (Å²) in [5, 5.41) is 11.3. The molecule has 1 unspecified atom stereocenters. The van der Waals surface area contributed by atoms with Crippen LogP contribution in [0.2, 0.25) is 0 Å². The van der Waals surface area contributed by atoms with Gasteiger partial charge in [0.25, 0.3) is 0 Å². The zero-order valence-corrected chi connectivity index (χ0v) is 11.7. The minimum Gasteiger partial charge on any atom is -0.365 e. The lowest BCUT2D eigenvalue weighted by atomic mass is 9.91. The van der Waals surface area contributed by atoms with E-state index in [9.17, 15) is 14.5 Å². The molecular weight excluding hydrogens is 270 g/mol. The van der Waals surface area contributed by atoms with E-state index in [2.05, 4.69) is 14.5 Å². The van der Waals surface area contributed by atoms with E-state index in [1.165, 1.54) is 6.07 Å². The molecule has 102 valence electrons. The van der Waals surface area contributed by atoms with E-state index in [0.717, 1.165) is 11.8 Å². The van der Waals surface area contributed by atoms with Gasteiger partial charge in [-0.15, -0.1) is 0 Å². The van der Waals surface area contributed by atoms with E-state index in [1.54, 1.807) is 6.07 Å². The van der Waals surface area contributed by atoms with Crippen LogP contribution in [0, 0.1) is 15.9 Å². The molecule has 0 aliphatic rings. The van der Waals surface area contributed by atoms with Crippen LogP contribution in [0.15, 0.2) is 18.2 Å². The number of hydrogen-bond donors (Lipinski definition) is 1. The van der Waals surface area contributed by atoms with Crippen LogP contribution in [0.4, 0.5) is 10.1 Å². The summed E-state index contributed by atoms with van der Waals surface area (Å²) in [6, 6.07) is 4.17.